The van der Waals surface area contributed by atoms with Gasteiger partial charge in [0.05, 0.1) is 12.1 Å². The molecule has 2 rings (SSSR count). The topological polar surface area (TPSA) is 50.2 Å². The number of rotatable bonds is 4. The van der Waals surface area contributed by atoms with Crippen LogP contribution in [0.4, 0.5) is 0 Å². The van der Waals surface area contributed by atoms with Gasteiger partial charge in [0.1, 0.15) is 0 Å². The molecule has 1 fully saturated rings. The number of aromatic nitrogens is 2. The third kappa shape index (κ3) is 3.51. The molecular weight excluding hydrogens is 276 g/mol. The predicted octanol–water partition coefficient (Wildman–Crippen LogP) is 1.91. The molecule has 0 bridgehead atoms. The molecule has 0 saturated carbocycles. The van der Waals surface area contributed by atoms with E-state index in [0.29, 0.717) is 18.4 Å². The van der Waals surface area contributed by atoms with E-state index in [9.17, 15) is 4.79 Å². The van der Waals surface area contributed by atoms with Crippen LogP contribution in [0.1, 0.15) is 44.6 Å². The van der Waals surface area contributed by atoms with Crippen molar-refractivity contribution in [2.45, 2.75) is 66.6 Å². The molecule has 5 nitrogen and oxygen atoms in total. The summed E-state index contributed by atoms with van der Waals surface area (Å²) in [6.45, 7) is 15.3. The number of carbonyl (C=O) groups is 1. The van der Waals surface area contributed by atoms with E-state index in [0.717, 1.165) is 36.6 Å². The first-order chi connectivity index (χ1) is 10.3. The first-order valence-electron chi connectivity index (χ1n) is 8.37. The van der Waals surface area contributed by atoms with E-state index in [4.69, 9.17) is 0 Å². The predicted molar refractivity (Wildman–Crippen MR) is 88.9 cm³/mol. The zero-order chi connectivity index (χ0) is 16.4. The molecule has 0 spiro atoms. The van der Waals surface area contributed by atoms with Crippen molar-refractivity contribution in [2.24, 2.45) is 5.92 Å². The van der Waals surface area contributed by atoms with E-state index < -0.39 is 0 Å². The molecular formula is C17H30N4O. The number of nitrogens with one attached hydrogen (secondary N) is 1. The van der Waals surface area contributed by atoms with Crippen LogP contribution >= 0.6 is 0 Å². The summed E-state index contributed by atoms with van der Waals surface area (Å²) < 4.78 is 2.05. The molecule has 2 atom stereocenters. The van der Waals surface area contributed by atoms with Gasteiger partial charge in [0.25, 0.3) is 0 Å². The molecule has 1 aromatic rings. The number of carbonyl (C=O) groups excluding carboxylic acids is 1. The smallest absolute Gasteiger partial charge is 0.227 e. The van der Waals surface area contributed by atoms with Gasteiger partial charge in [-0.25, -0.2) is 0 Å². The molecule has 1 N–H and O–H groups in total. The molecule has 22 heavy (non-hydrogen) atoms. The van der Waals surface area contributed by atoms with Gasteiger partial charge >= 0.3 is 0 Å². The lowest BCUT2D eigenvalue weighted by Crippen LogP contribution is -2.57. The van der Waals surface area contributed by atoms with E-state index in [-0.39, 0.29) is 11.9 Å². The van der Waals surface area contributed by atoms with Crippen molar-refractivity contribution in [1.82, 2.24) is 20.0 Å². The Bertz CT molecular complexity index is 535. The van der Waals surface area contributed by atoms with Crippen LogP contribution in [0.3, 0.4) is 0 Å². The molecule has 0 aromatic carbocycles. The minimum absolute atomic E-state index is 0.219. The largest absolute Gasteiger partial charge is 0.337 e. The lowest BCUT2D eigenvalue weighted by atomic mass is 10.0. The third-order valence-corrected chi connectivity index (χ3v) is 4.75. The quantitative estimate of drug-likeness (QED) is 0.924. The maximum Gasteiger partial charge on any atom is 0.227 e. The summed E-state index contributed by atoms with van der Waals surface area (Å²) in [6.07, 6.45) is 0.465. The van der Waals surface area contributed by atoms with Crippen LogP contribution in [0.25, 0.3) is 0 Å². The van der Waals surface area contributed by atoms with Gasteiger partial charge in [-0.15, -0.1) is 0 Å². The molecule has 1 saturated heterocycles. The average Bonchev–Trinajstić information content (AvgIpc) is 2.68. The highest BCUT2D eigenvalue weighted by Crippen LogP contribution is 2.18. The first kappa shape index (κ1) is 17.0. The summed E-state index contributed by atoms with van der Waals surface area (Å²) >= 11 is 0. The second kappa shape index (κ2) is 6.82. The molecule has 1 amide bonds. The number of hydrogen-bond acceptors (Lipinski definition) is 3. The second-order valence-electron chi connectivity index (χ2n) is 6.97. The van der Waals surface area contributed by atoms with Crippen molar-refractivity contribution in [2.75, 3.05) is 13.1 Å². The summed E-state index contributed by atoms with van der Waals surface area (Å²) in [5.74, 6) is 0.770. The van der Waals surface area contributed by atoms with Crippen LogP contribution in [-0.2, 0) is 17.8 Å². The molecule has 124 valence electrons. The molecule has 2 unspecified atom stereocenters. The van der Waals surface area contributed by atoms with E-state index in [1.165, 1.54) is 0 Å². The normalized spacial score (nSPS) is 22.4. The highest BCUT2D eigenvalue weighted by molar-refractivity contribution is 5.79. The van der Waals surface area contributed by atoms with Crippen LogP contribution in [-0.4, -0.2) is 45.8 Å². The lowest BCUT2D eigenvalue weighted by molar-refractivity contribution is -0.134. The van der Waals surface area contributed by atoms with Crippen molar-refractivity contribution < 1.29 is 4.79 Å². The van der Waals surface area contributed by atoms with Crippen molar-refractivity contribution in [3.8, 4) is 0 Å². The summed E-state index contributed by atoms with van der Waals surface area (Å²) in [5, 5.41) is 8.03. The Morgan fingerprint density at radius 3 is 2.68 bits per heavy atom. The summed E-state index contributed by atoms with van der Waals surface area (Å²) in [4.78, 5) is 14.7. The zero-order valence-corrected chi connectivity index (χ0v) is 14.8. The second-order valence-corrected chi connectivity index (χ2v) is 6.97. The SMILES string of the molecule is Cc1nn(CC(C)C)c(C)c1CC(=O)N1CCNC(C)C1C. The maximum absolute atomic E-state index is 12.7. The molecule has 0 radical (unpaired) electrons. The van der Waals surface area contributed by atoms with E-state index in [1.807, 2.05) is 16.5 Å². The molecule has 2 heterocycles. The van der Waals surface area contributed by atoms with Gasteiger partial charge in [-0.05, 0) is 33.6 Å². The standard InChI is InChI=1S/C17H30N4O/c1-11(2)10-21-15(6)16(13(4)19-21)9-17(22)20-8-7-18-12(3)14(20)5/h11-12,14,18H,7-10H2,1-6H3. The van der Waals surface area contributed by atoms with Crippen molar-refractivity contribution >= 4 is 5.91 Å². The van der Waals surface area contributed by atoms with Crippen LogP contribution in [0, 0.1) is 19.8 Å². The van der Waals surface area contributed by atoms with Gasteiger partial charge in [0.15, 0.2) is 0 Å². The van der Waals surface area contributed by atoms with Gasteiger partial charge < -0.3 is 10.2 Å². The number of amides is 1. The maximum atomic E-state index is 12.7. The molecule has 0 aliphatic carbocycles. The highest BCUT2D eigenvalue weighted by Gasteiger charge is 2.29. The average molecular weight is 306 g/mol. The summed E-state index contributed by atoms with van der Waals surface area (Å²) in [7, 11) is 0. The van der Waals surface area contributed by atoms with Crippen LogP contribution in [0.5, 0.6) is 0 Å². The number of hydrogen-bond donors (Lipinski definition) is 1. The van der Waals surface area contributed by atoms with Crippen molar-refractivity contribution in [1.29, 1.82) is 0 Å². The van der Waals surface area contributed by atoms with Crippen molar-refractivity contribution in [3.63, 3.8) is 0 Å². The van der Waals surface area contributed by atoms with Gasteiger partial charge in [0, 0.05) is 43.0 Å². The minimum atomic E-state index is 0.219. The highest BCUT2D eigenvalue weighted by atomic mass is 16.2. The lowest BCUT2D eigenvalue weighted by Gasteiger charge is -2.38. The Morgan fingerprint density at radius 2 is 2.05 bits per heavy atom. The van der Waals surface area contributed by atoms with Crippen molar-refractivity contribution in [3.05, 3.63) is 17.0 Å². The third-order valence-electron chi connectivity index (χ3n) is 4.75. The number of nitrogens with zero attached hydrogens (tertiary/aromatic N) is 3. The van der Waals surface area contributed by atoms with Gasteiger partial charge in [-0.3, -0.25) is 9.48 Å². The van der Waals surface area contributed by atoms with E-state index in [2.05, 4.69) is 45.0 Å². The van der Waals surface area contributed by atoms with Gasteiger partial charge in [-0.2, -0.15) is 5.10 Å². The molecule has 1 aromatic heterocycles. The number of aryl methyl sites for hydroxylation is 1. The fourth-order valence-electron chi connectivity index (χ4n) is 3.17. The molecule has 1 aliphatic rings. The fourth-order valence-corrected chi connectivity index (χ4v) is 3.17. The van der Waals surface area contributed by atoms with Crippen LogP contribution < -0.4 is 5.32 Å². The minimum Gasteiger partial charge on any atom is -0.337 e. The Kier molecular flexibility index (Phi) is 5.27. The monoisotopic (exact) mass is 306 g/mol. The molecule has 5 heteroatoms. The van der Waals surface area contributed by atoms with Crippen LogP contribution in [0.2, 0.25) is 0 Å². The Hall–Kier alpha value is -1.36. The molecule has 1 aliphatic heterocycles. The Balaban J connectivity index is 2.13. The number of piperazine rings is 1. The van der Waals surface area contributed by atoms with Crippen LogP contribution in [0.15, 0.2) is 0 Å². The summed E-state index contributed by atoms with van der Waals surface area (Å²) in [5.41, 5.74) is 3.22. The Labute approximate surface area is 134 Å². The van der Waals surface area contributed by atoms with Gasteiger partial charge in [0.2, 0.25) is 5.91 Å². The summed E-state index contributed by atoms with van der Waals surface area (Å²) in [6, 6.07) is 0.594. The fraction of sp³-hybridized carbons (Fsp3) is 0.765. The van der Waals surface area contributed by atoms with Gasteiger partial charge in [-0.1, -0.05) is 13.8 Å². The van der Waals surface area contributed by atoms with E-state index in [1.54, 1.807) is 0 Å². The Morgan fingerprint density at radius 1 is 1.36 bits per heavy atom. The zero-order valence-electron chi connectivity index (χ0n) is 14.8. The first-order valence-corrected chi connectivity index (χ1v) is 8.37. The van der Waals surface area contributed by atoms with E-state index >= 15 is 0 Å².